The maximum atomic E-state index is 12.8. The number of ether oxygens (including phenoxy) is 1. The number of benzene rings is 1. The molecule has 136 valence electrons. The van der Waals surface area contributed by atoms with E-state index in [2.05, 4.69) is 15.5 Å². The Hall–Kier alpha value is -1.96. The molecular weight excluding hydrogens is 403 g/mol. The molecule has 3 rings (SSSR count). The Bertz CT molecular complexity index is 881. The number of tetrazole rings is 1. The van der Waals surface area contributed by atoms with Gasteiger partial charge in [-0.25, -0.2) is 4.68 Å². The van der Waals surface area contributed by atoms with Crippen LogP contribution >= 0.6 is 34.8 Å². The third kappa shape index (κ3) is 3.90. The first kappa shape index (κ1) is 18.8. The van der Waals surface area contributed by atoms with E-state index in [9.17, 15) is 9.59 Å². The summed E-state index contributed by atoms with van der Waals surface area (Å²) in [6.45, 7) is 0.553. The minimum absolute atomic E-state index is 0.0122. The molecule has 1 heterocycles. The molecule has 0 spiro atoms. The average Bonchev–Trinajstić information content (AvgIpc) is 3.11. The number of carbonyl (C=O) groups is 2. The van der Waals surface area contributed by atoms with Gasteiger partial charge in [0, 0.05) is 17.0 Å². The summed E-state index contributed by atoms with van der Waals surface area (Å²) in [7, 11) is 0. The Balaban J connectivity index is 1.84. The highest BCUT2D eigenvalue weighted by Gasteiger charge is 2.29. The molecule has 0 bridgehead atoms. The number of ketones is 2. The molecule has 0 fully saturated rings. The van der Waals surface area contributed by atoms with E-state index in [0.717, 1.165) is 0 Å². The number of aromatic nitrogens is 4. The summed E-state index contributed by atoms with van der Waals surface area (Å²) in [5.41, 5.74) is 0.110. The normalized spacial score (nSPS) is 14.7. The van der Waals surface area contributed by atoms with Crippen molar-refractivity contribution in [3.05, 3.63) is 44.7 Å². The van der Waals surface area contributed by atoms with E-state index < -0.39 is 5.78 Å². The largest absolute Gasteiger partial charge is 0.488 e. The van der Waals surface area contributed by atoms with Crippen molar-refractivity contribution in [2.75, 3.05) is 6.61 Å². The summed E-state index contributed by atoms with van der Waals surface area (Å²) in [6.07, 6.45) is 2.86. The average molecular weight is 416 g/mol. The molecule has 0 unspecified atom stereocenters. The molecule has 0 radical (unpaired) electrons. The zero-order valence-electron chi connectivity index (χ0n) is 13.4. The highest BCUT2D eigenvalue weighted by molar-refractivity contribution is 6.43. The first-order chi connectivity index (χ1) is 12.5. The Labute approximate surface area is 163 Å². The predicted molar refractivity (Wildman–Crippen MR) is 95.8 cm³/mol. The van der Waals surface area contributed by atoms with Crippen molar-refractivity contribution in [2.45, 2.75) is 25.8 Å². The van der Waals surface area contributed by atoms with Crippen LogP contribution in [0.2, 0.25) is 10.0 Å². The molecule has 0 saturated carbocycles. The van der Waals surface area contributed by atoms with E-state index in [-0.39, 0.29) is 50.8 Å². The predicted octanol–water partition coefficient (Wildman–Crippen LogP) is 3.49. The van der Waals surface area contributed by atoms with Crippen LogP contribution in [0.5, 0.6) is 5.75 Å². The van der Waals surface area contributed by atoms with Crippen LogP contribution in [0.3, 0.4) is 0 Å². The van der Waals surface area contributed by atoms with Crippen molar-refractivity contribution >= 4 is 46.4 Å². The highest BCUT2D eigenvalue weighted by atomic mass is 35.5. The lowest BCUT2D eigenvalue weighted by molar-refractivity contribution is -0.115. The van der Waals surface area contributed by atoms with Crippen LogP contribution in [0, 0.1) is 0 Å². The SMILES string of the molecule is O=C1CCCC(Cl)=C1C(=O)c1ccc(Cl)c(OCCn2cnnn2)c1Cl. The van der Waals surface area contributed by atoms with E-state index in [1.165, 1.54) is 23.1 Å². The zero-order chi connectivity index (χ0) is 18.7. The molecule has 10 heteroatoms. The maximum Gasteiger partial charge on any atom is 0.199 e. The van der Waals surface area contributed by atoms with E-state index >= 15 is 0 Å². The lowest BCUT2D eigenvalue weighted by atomic mass is 9.91. The second kappa shape index (κ2) is 8.16. The number of carbonyl (C=O) groups excluding carboxylic acids is 2. The van der Waals surface area contributed by atoms with E-state index in [1.54, 1.807) is 0 Å². The van der Waals surface area contributed by atoms with Gasteiger partial charge in [0.2, 0.25) is 0 Å². The van der Waals surface area contributed by atoms with Gasteiger partial charge in [-0.1, -0.05) is 34.8 Å². The van der Waals surface area contributed by atoms with Crippen molar-refractivity contribution in [3.8, 4) is 5.75 Å². The van der Waals surface area contributed by atoms with Gasteiger partial charge in [0.15, 0.2) is 17.3 Å². The van der Waals surface area contributed by atoms with Crippen molar-refractivity contribution in [1.29, 1.82) is 0 Å². The second-order valence-corrected chi connectivity index (χ2v) is 6.79. The minimum Gasteiger partial charge on any atom is -0.488 e. The quantitative estimate of drug-likeness (QED) is 0.530. The number of allylic oxidation sites excluding steroid dienone is 2. The molecule has 1 aliphatic carbocycles. The van der Waals surface area contributed by atoms with Crippen LogP contribution in [0.25, 0.3) is 0 Å². The van der Waals surface area contributed by atoms with Gasteiger partial charge < -0.3 is 4.74 Å². The maximum absolute atomic E-state index is 12.8. The Morgan fingerprint density at radius 3 is 2.73 bits per heavy atom. The molecule has 1 aliphatic rings. The summed E-state index contributed by atoms with van der Waals surface area (Å²) < 4.78 is 7.08. The number of rotatable bonds is 6. The smallest absolute Gasteiger partial charge is 0.199 e. The molecule has 1 aromatic heterocycles. The van der Waals surface area contributed by atoms with Crippen molar-refractivity contribution in [2.24, 2.45) is 0 Å². The van der Waals surface area contributed by atoms with Gasteiger partial charge in [0.25, 0.3) is 0 Å². The molecule has 0 amide bonds. The Morgan fingerprint density at radius 2 is 2.04 bits per heavy atom. The molecule has 1 aromatic carbocycles. The molecule has 0 aliphatic heterocycles. The molecule has 0 saturated heterocycles. The Kier molecular flexibility index (Phi) is 5.90. The highest BCUT2D eigenvalue weighted by Crippen LogP contribution is 2.38. The Morgan fingerprint density at radius 1 is 1.23 bits per heavy atom. The molecule has 2 aromatic rings. The van der Waals surface area contributed by atoms with Crippen LogP contribution < -0.4 is 4.74 Å². The first-order valence-electron chi connectivity index (χ1n) is 7.77. The van der Waals surface area contributed by atoms with Crippen molar-refractivity contribution in [1.82, 2.24) is 20.2 Å². The lowest BCUT2D eigenvalue weighted by Crippen LogP contribution is -2.18. The second-order valence-electron chi connectivity index (χ2n) is 5.55. The van der Waals surface area contributed by atoms with E-state index in [0.29, 0.717) is 19.4 Å². The molecule has 0 N–H and O–H groups in total. The minimum atomic E-state index is -0.522. The fourth-order valence-electron chi connectivity index (χ4n) is 2.55. The zero-order valence-corrected chi connectivity index (χ0v) is 15.7. The number of nitrogens with zero attached hydrogens (tertiary/aromatic N) is 4. The van der Waals surface area contributed by atoms with Gasteiger partial charge in [0.05, 0.1) is 22.2 Å². The monoisotopic (exact) mass is 414 g/mol. The van der Waals surface area contributed by atoms with Gasteiger partial charge >= 0.3 is 0 Å². The van der Waals surface area contributed by atoms with Crippen LogP contribution in [0.4, 0.5) is 0 Å². The van der Waals surface area contributed by atoms with E-state index in [1.807, 2.05) is 0 Å². The summed E-state index contributed by atoms with van der Waals surface area (Å²) in [5.74, 6) is -0.641. The summed E-state index contributed by atoms with van der Waals surface area (Å²) in [4.78, 5) is 24.9. The third-order valence-corrected chi connectivity index (χ3v) is 4.88. The topological polar surface area (TPSA) is 87.0 Å². The number of hydrogen-bond acceptors (Lipinski definition) is 6. The first-order valence-corrected chi connectivity index (χ1v) is 8.90. The molecule has 26 heavy (non-hydrogen) atoms. The number of halogens is 3. The summed E-state index contributed by atoms with van der Waals surface area (Å²) in [6, 6.07) is 2.95. The van der Waals surface area contributed by atoms with Crippen LogP contribution in [0.15, 0.2) is 29.1 Å². The van der Waals surface area contributed by atoms with Crippen LogP contribution in [0.1, 0.15) is 29.6 Å². The van der Waals surface area contributed by atoms with Gasteiger partial charge in [-0.2, -0.15) is 0 Å². The lowest BCUT2D eigenvalue weighted by Gasteiger charge is -2.16. The van der Waals surface area contributed by atoms with Crippen molar-refractivity contribution in [3.63, 3.8) is 0 Å². The van der Waals surface area contributed by atoms with Crippen LogP contribution in [-0.4, -0.2) is 38.4 Å². The fourth-order valence-corrected chi connectivity index (χ4v) is 3.44. The molecular formula is C16H13Cl3N4O3. The van der Waals surface area contributed by atoms with Crippen molar-refractivity contribution < 1.29 is 14.3 Å². The van der Waals surface area contributed by atoms with Gasteiger partial charge in [0.1, 0.15) is 12.9 Å². The van der Waals surface area contributed by atoms with Gasteiger partial charge in [-0.15, -0.1) is 5.10 Å². The molecule has 7 nitrogen and oxygen atoms in total. The van der Waals surface area contributed by atoms with Gasteiger partial charge in [-0.05, 0) is 35.4 Å². The van der Waals surface area contributed by atoms with Crippen LogP contribution in [-0.2, 0) is 11.3 Å². The summed E-state index contributed by atoms with van der Waals surface area (Å²) >= 11 is 18.6. The standard InChI is InChI=1S/C16H13Cl3N4O3/c17-10-2-1-3-12(24)13(10)15(25)9-4-5-11(18)16(14(9)19)26-7-6-23-8-20-21-22-23/h4-5,8H,1-3,6-7H2. The third-order valence-electron chi connectivity index (χ3n) is 3.83. The number of Topliss-reactive ketones (excluding diaryl/α,β-unsaturated/α-hetero) is 2. The molecule has 0 atom stereocenters. The summed E-state index contributed by atoms with van der Waals surface area (Å²) in [5, 5.41) is 11.3. The van der Waals surface area contributed by atoms with E-state index in [4.69, 9.17) is 39.5 Å². The number of hydrogen-bond donors (Lipinski definition) is 0. The van der Waals surface area contributed by atoms with Gasteiger partial charge in [-0.3, -0.25) is 9.59 Å². The fraction of sp³-hybridized carbons (Fsp3) is 0.312.